The number of unbranched alkanes of at least 4 members (excludes halogenated alkanes) is 2. The molecule has 3 unspecified atom stereocenters. The van der Waals surface area contributed by atoms with Crippen LogP contribution in [0.4, 0.5) is 4.79 Å². The minimum absolute atomic E-state index is 0.0247. The standard InChI is InChI=1S/C28H47N3O4S/c1-9-11-12-16-31(26(33)23(18-36)30-27(34)35-28(6,7)8)24(25(32)29-21(5)13-10-2)22-17-19(3)14-15-20(22)4/h14-15,17,21,23-24,36H,9-13,16,18H2,1-8H3,(H,29,32)(H,30,34). The van der Waals surface area contributed by atoms with Gasteiger partial charge in [0.15, 0.2) is 0 Å². The largest absolute Gasteiger partial charge is 0.444 e. The molecule has 0 heterocycles. The highest BCUT2D eigenvalue weighted by molar-refractivity contribution is 7.80. The van der Waals surface area contributed by atoms with E-state index in [1.165, 1.54) is 0 Å². The summed E-state index contributed by atoms with van der Waals surface area (Å²) in [4.78, 5) is 41.8. The Hall–Kier alpha value is -2.22. The fourth-order valence-corrected chi connectivity index (χ4v) is 4.31. The van der Waals surface area contributed by atoms with Crippen molar-refractivity contribution in [1.82, 2.24) is 15.5 Å². The molecular weight excluding hydrogens is 474 g/mol. The van der Waals surface area contributed by atoms with Gasteiger partial charge in [-0.05, 0) is 65.5 Å². The Labute approximate surface area is 223 Å². The Kier molecular flexibility index (Phi) is 13.4. The number of rotatable bonds is 13. The first-order valence-corrected chi connectivity index (χ1v) is 13.8. The molecule has 3 amide bonds. The molecule has 1 rings (SSSR count). The van der Waals surface area contributed by atoms with E-state index in [1.54, 1.807) is 25.7 Å². The molecule has 204 valence electrons. The second-order valence-electron chi connectivity index (χ2n) is 10.6. The summed E-state index contributed by atoms with van der Waals surface area (Å²) in [6.45, 7) is 15.7. The van der Waals surface area contributed by atoms with E-state index in [1.807, 2.05) is 39.0 Å². The predicted octanol–water partition coefficient (Wildman–Crippen LogP) is 5.49. The summed E-state index contributed by atoms with van der Waals surface area (Å²) in [5.74, 6) is -0.490. The molecule has 36 heavy (non-hydrogen) atoms. The molecule has 0 fully saturated rings. The summed E-state index contributed by atoms with van der Waals surface area (Å²) in [5, 5.41) is 5.78. The van der Waals surface area contributed by atoms with Gasteiger partial charge in [0.2, 0.25) is 11.8 Å². The fourth-order valence-electron chi connectivity index (χ4n) is 4.07. The zero-order chi connectivity index (χ0) is 27.5. The Morgan fingerprint density at radius 3 is 2.28 bits per heavy atom. The first-order valence-electron chi connectivity index (χ1n) is 13.1. The van der Waals surface area contributed by atoms with Crippen LogP contribution in [0.1, 0.15) is 96.4 Å². The van der Waals surface area contributed by atoms with Crippen molar-refractivity contribution in [3.8, 4) is 0 Å². The molecule has 2 N–H and O–H groups in total. The van der Waals surface area contributed by atoms with Crippen LogP contribution in [0.25, 0.3) is 0 Å². The topological polar surface area (TPSA) is 87.7 Å². The van der Waals surface area contributed by atoms with Crippen molar-refractivity contribution >= 4 is 30.5 Å². The molecule has 0 saturated carbocycles. The third-order valence-corrected chi connectivity index (χ3v) is 6.22. The minimum Gasteiger partial charge on any atom is -0.444 e. The number of nitrogens with one attached hydrogen (secondary N) is 2. The van der Waals surface area contributed by atoms with Crippen molar-refractivity contribution in [3.05, 3.63) is 34.9 Å². The molecule has 0 aliphatic heterocycles. The van der Waals surface area contributed by atoms with Crippen molar-refractivity contribution in [1.29, 1.82) is 0 Å². The Bertz CT molecular complexity index is 869. The number of thiol groups is 1. The molecule has 1 aromatic rings. The number of benzene rings is 1. The van der Waals surface area contributed by atoms with Gasteiger partial charge >= 0.3 is 6.09 Å². The van der Waals surface area contributed by atoms with Crippen molar-refractivity contribution in [2.75, 3.05) is 12.3 Å². The van der Waals surface area contributed by atoms with Gasteiger partial charge in [0.05, 0.1) is 0 Å². The van der Waals surface area contributed by atoms with E-state index in [0.717, 1.165) is 48.8 Å². The highest BCUT2D eigenvalue weighted by Crippen LogP contribution is 2.28. The number of alkyl carbamates (subject to hydrolysis) is 1. The number of carbonyl (C=O) groups is 3. The number of amides is 3. The van der Waals surface area contributed by atoms with Crippen molar-refractivity contribution in [2.24, 2.45) is 0 Å². The number of hydrogen-bond donors (Lipinski definition) is 3. The lowest BCUT2D eigenvalue weighted by molar-refractivity contribution is -0.142. The first kappa shape index (κ1) is 31.8. The number of carbonyl (C=O) groups excluding carboxylic acids is 3. The van der Waals surface area contributed by atoms with Gasteiger partial charge in [-0.3, -0.25) is 9.59 Å². The lowest BCUT2D eigenvalue weighted by Crippen LogP contribution is -2.54. The van der Waals surface area contributed by atoms with E-state index in [9.17, 15) is 14.4 Å². The smallest absolute Gasteiger partial charge is 0.408 e. The van der Waals surface area contributed by atoms with E-state index in [-0.39, 0.29) is 23.6 Å². The second-order valence-corrected chi connectivity index (χ2v) is 10.9. The summed E-state index contributed by atoms with van der Waals surface area (Å²) in [6.07, 6.45) is 3.73. The Balaban J connectivity index is 3.48. The molecule has 7 nitrogen and oxygen atoms in total. The maximum atomic E-state index is 13.9. The molecule has 0 radical (unpaired) electrons. The van der Waals surface area contributed by atoms with E-state index >= 15 is 0 Å². The average molecular weight is 522 g/mol. The molecule has 0 saturated heterocycles. The molecular formula is C28H47N3O4S. The van der Waals surface area contributed by atoms with Crippen LogP contribution in [0, 0.1) is 13.8 Å². The fraction of sp³-hybridized carbons (Fsp3) is 0.679. The van der Waals surface area contributed by atoms with Crippen LogP contribution in [0.3, 0.4) is 0 Å². The highest BCUT2D eigenvalue weighted by atomic mass is 32.1. The molecule has 0 spiro atoms. The van der Waals surface area contributed by atoms with Crippen LogP contribution in [-0.4, -0.2) is 52.8 Å². The first-order chi connectivity index (χ1) is 16.8. The summed E-state index contributed by atoms with van der Waals surface area (Å²) < 4.78 is 5.37. The molecule has 0 aliphatic rings. The molecule has 1 aromatic carbocycles. The second kappa shape index (κ2) is 15.1. The van der Waals surface area contributed by atoms with Gasteiger partial charge in [-0.25, -0.2) is 4.79 Å². The van der Waals surface area contributed by atoms with Gasteiger partial charge in [0, 0.05) is 18.3 Å². The predicted molar refractivity (Wildman–Crippen MR) is 149 cm³/mol. The normalized spacial score (nSPS) is 13.9. The van der Waals surface area contributed by atoms with Crippen LogP contribution >= 0.6 is 12.6 Å². The van der Waals surface area contributed by atoms with Crippen LogP contribution < -0.4 is 10.6 Å². The highest BCUT2D eigenvalue weighted by Gasteiger charge is 2.36. The maximum Gasteiger partial charge on any atom is 0.408 e. The number of ether oxygens (including phenoxy) is 1. The van der Waals surface area contributed by atoms with Gasteiger partial charge in [-0.1, -0.05) is 56.9 Å². The van der Waals surface area contributed by atoms with Crippen LogP contribution in [0.5, 0.6) is 0 Å². The minimum atomic E-state index is -0.932. The zero-order valence-corrected chi connectivity index (χ0v) is 24.3. The SMILES string of the molecule is CCCCCN(C(=O)C(CS)NC(=O)OC(C)(C)C)C(C(=O)NC(C)CCC)c1cc(C)ccc1C. The van der Waals surface area contributed by atoms with Crippen LogP contribution in [0.2, 0.25) is 0 Å². The molecule has 8 heteroatoms. The summed E-state index contributed by atoms with van der Waals surface area (Å²) >= 11 is 4.35. The van der Waals surface area contributed by atoms with Crippen LogP contribution in [0.15, 0.2) is 18.2 Å². The van der Waals surface area contributed by atoms with Crippen LogP contribution in [-0.2, 0) is 14.3 Å². The lowest BCUT2D eigenvalue weighted by Gasteiger charge is -2.35. The number of hydrogen-bond acceptors (Lipinski definition) is 5. The third kappa shape index (κ3) is 10.4. The third-order valence-electron chi connectivity index (χ3n) is 5.86. The van der Waals surface area contributed by atoms with E-state index in [4.69, 9.17) is 4.74 Å². The monoisotopic (exact) mass is 521 g/mol. The Morgan fingerprint density at radius 2 is 1.72 bits per heavy atom. The number of aryl methyl sites for hydroxylation is 2. The van der Waals surface area contributed by atoms with E-state index in [0.29, 0.717) is 6.54 Å². The van der Waals surface area contributed by atoms with E-state index < -0.39 is 23.8 Å². The van der Waals surface area contributed by atoms with Crippen molar-refractivity contribution < 1.29 is 19.1 Å². The summed E-state index contributed by atoms with van der Waals surface area (Å²) in [7, 11) is 0. The molecule has 0 bridgehead atoms. The van der Waals surface area contributed by atoms with Gasteiger partial charge in [-0.15, -0.1) is 0 Å². The average Bonchev–Trinajstić information content (AvgIpc) is 2.77. The molecule has 3 atom stereocenters. The molecule has 0 aliphatic carbocycles. The summed E-state index contributed by atoms with van der Waals surface area (Å²) in [5.41, 5.74) is 2.02. The Morgan fingerprint density at radius 1 is 1.06 bits per heavy atom. The summed E-state index contributed by atoms with van der Waals surface area (Å²) in [6, 6.07) is 4.17. The van der Waals surface area contributed by atoms with E-state index in [2.05, 4.69) is 37.1 Å². The van der Waals surface area contributed by atoms with Gasteiger partial charge in [0.25, 0.3) is 0 Å². The zero-order valence-electron chi connectivity index (χ0n) is 23.4. The van der Waals surface area contributed by atoms with Gasteiger partial charge < -0.3 is 20.3 Å². The van der Waals surface area contributed by atoms with Gasteiger partial charge in [0.1, 0.15) is 17.7 Å². The lowest BCUT2D eigenvalue weighted by atomic mass is 9.95. The van der Waals surface area contributed by atoms with Crippen molar-refractivity contribution in [2.45, 2.75) is 111 Å². The molecule has 0 aromatic heterocycles. The number of nitrogens with zero attached hydrogens (tertiary/aromatic N) is 1. The quantitative estimate of drug-likeness (QED) is 0.237. The van der Waals surface area contributed by atoms with Crippen molar-refractivity contribution in [3.63, 3.8) is 0 Å². The maximum absolute atomic E-state index is 13.9. The van der Waals surface area contributed by atoms with Gasteiger partial charge in [-0.2, -0.15) is 12.6 Å².